The van der Waals surface area contributed by atoms with Crippen LogP contribution in [0.4, 0.5) is 10.5 Å². The molecule has 0 saturated carbocycles. The van der Waals surface area contributed by atoms with Gasteiger partial charge in [0.2, 0.25) is 5.91 Å². The molecule has 0 bridgehead atoms. The van der Waals surface area contributed by atoms with Crippen molar-refractivity contribution in [1.29, 1.82) is 0 Å². The first-order valence-corrected chi connectivity index (χ1v) is 14.2. The largest absolute Gasteiger partial charge is 0.493 e. The fraction of sp³-hybridized carbons (Fsp3) is 0.333. The Labute approximate surface area is 247 Å². The highest BCUT2D eigenvalue weighted by molar-refractivity contribution is 5.94. The van der Waals surface area contributed by atoms with Crippen LogP contribution < -0.4 is 19.5 Å². The van der Waals surface area contributed by atoms with Crippen molar-refractivity contribution in [2.45, 2.75) is 39.8 Å². The molecule has 9 heteroatoms. The van der Waals surface area contributed by atoms with E-state index < -0.39 is 0 Å². The molecule has 4 rings (SSSR count). The van der Waals surface area contributed by atoms with E-state index in [-0.39, 0.29) is 24.5 Å². The SMILES string of the molecule is CCOc1ccccc1NC(=O)N(CC(=O)N(CCc1c[nH]c2ccccc12)Cc1ccc(OC)c(OC)c1)C(C)C. The lowest BCUT2D eigenvalue weighted by atomic mass is 10.1. The number of carbonyl (C=O) groups is 2. The highest BCUT2D eigenvalue weighted by atomic mass is 16.5. The zero-order valence-corrected chi connectivity index (χ0v) is 25.0. The summed E-state index contributed by atoms with van der Waals surface area (Å²) in [5.74, 6) is 1.63. The molecule has 0 aliphatic heterocycles. The van der Waals surface area contributed by atoms with Gasteiger partial charge in [-0.3, -0.25) is 4.79 Å². The van der Waals surface area contributed by atoms with Gasteiger partial charge in [0.15, 0.2) is 11.5 Å². The number of fused-ring (bicyclic) bond motifs is 1. The third-order valence-corrected chi connectivity index (χ3v) is 7.12. The molecule has 0 aliphatic rings. The van der Waals surface area contributed by atoms with Crippen molar-refractivity contribution in [3.8, 4) is 17.2 Å². The lowest BCUT2D eigenvalue weighted by molar-refractivity contribution is -0.132. The molecule has 2 N–H and O–H groups in total. The molecule has 4 aromatic rings. The Balaban J connectivity index is 1.55. The fourth-order valence-corrected chi connectivity index (χ4v) is 4.86. The van der Waals surface area contributed by atoms with Crippen molar-refractivity contribution < 1.29 is 23.8 Å². The van der Waals surface area contributed by atoms with Crippen LogP contribution in [0.2, 0.25) is 0 Å². The van der Waals surface area contributed by atoms with Crippen LogP contribution in [0.15, 0.2) is 72.9 Å². The second-order valence-electron chi connectivity index (χ2n) is 10.2. The number of amides is 3. The van der Waals surface area contributed by atoms with Gasteiger partial charge in [-0.05, 0) is 68.7 Å². The number of urea groups is 1. The van der Waals surface area contributed by atoms with Crippen LogP contribution in [0.25, 0.3) is 10.9 Å². The van der Waals surface area contributed by atoms with Crippen LogP contribution in [-0.2, 0) is 17.8 Å². The molecule has 0 radical (unpaired) electrons. The normalized spacial score (nSPS) is 10.9. The molecular formula is C33H40N4O5. The number of hydrogen-bond donors (Lipinski definition) is 2. The first-order chi connectivity index (χ1) is 20.3. The molecule has 3 aromatic carbocycles. The number of nitrogens with one attached hydrogen (secondary N) is 2. The number of aromatic amines is 1. The third-order valence-electron chi connectivity index (χ3n) is 7.12. The summed E-state index contributed by atoms with van der Waals surface area (Å²) < 4.78 is 16.5. The summed E-state index contributed by atoms with van der Waals surface area (Å²) in [5.41, 5.74) is 3.64. The lowest BCUT2D eigenvalue weighted by Crippen LogP contribution is -2.47. The average Bonchev–Trinajstić information content (AvgIpc) is 3.41. The number of aromatic nitrogens is 1. The van der Waals surface area contributed by atoms with E-state index in [1.54, 1.807) is 36.2 Å². The van der Waals surface area contributed by atoms with Crippen molar-refractivity contribution in [2.24, 2.45) is 0 Å². The molecule has 0 spiro atoms. The first-order valence-electron chi connectivity index (χ1n) is 14.2. The maximum Gasteiger partial charge on any atom is 0.322 e. The van der Waals surface area contributed by atoms with E-state index in [1.165, 1.54) is 0 Å². The molecule has 222 valence electrons. The summed E-state index contributed by atoms with van der Waals surface area (Å²) in [6.07, 6.45) is 2.64. The second kappa shape index (κ2) is 14.3. The van der Waals surface area contributed by atoms with Crippen LogP contribution >= 0.6 is 0 Å². The molecular weight excluding hydrogens is 532 g/mol. The zero-order chi connectivity index (χ0) is 30.1. The summed E-state index contributed by atoms with van der Waals surface area (Å²) in [6, 6.07) is 20.4. The molecule has 0 unspecified atom stereocenters. The number of methoxy groups -OCH3 is 2. The number of nitrogens with zero attached hydrogens (tertiary/aromatic N) is 2. The van der Waals surface area contributed by atoms with Crippen LogP contribution in [-0.4, -0.2) is 66.7 Å². The maximum absolute atomic E-state index is 13.9. The average molecular weight is 573 g/mol. The van der Waals surface area contributed by atoms with E-state index in [0.29, 0.717) is 49.1 Å². The smallest absolute Gasteiger partial charge is 0.322 e. The minimum absolute atomic E-state index is 0.0819. The second-order valence-corrected chi connectivity index (χ2v) is 10.2. The van der Waals surface area contributed by atoms with Gasteiger partial charge in [-0.1, -0.05) is 36.4 Å². The van der Waals surface area contributed by atoms with Crippen molar-refractivity contribution >= 4 is 28.5 Å². The Bertz CT molecular complexity index is 1500. The van der Waals surface area contributed by atoms with E-state index in [4.69, 9.17) is 14.2 Å². The third kappa shape index (κ3) is 7.34. The number of rotatable bonds is 13. The lowest BCUT2D eigenvalue weighted by Gasteiger charge is -2.30. The van der Waals surface area contributed by atoms with Gasteiger partial charge in [0.05, 0.1) is 26.5 Å². The van der Waals surface area contributed by atoms with Crippen LogP contribution in [0, 0.1) is 0 Å². The van der Waals surface area contributed by atoms with Crippen LogP contribution in [0.1, 0.15) is 31.9 Å². The topological polar surface area (TPSA) is 96.1 Å². The first kappa shape index (κ1) is 30.3. The quantitative estimate of drug-likeness (QED) is 0.202. The van der Waals surface area contributed by atoms with Crippen LogP contribution in [0.5, 0.6) is 17.2 Å². The molecule has 9 nitrogen and oxygen atoms in total. The molecule has 0 aliphatic carbocycles. The number of benzene rings is 3. The minimum Gasteiger partial charge on any atom is -0.493 e. The van der Waals surface area contributed by atoms with Crippen molar-refractivity contribution in [2.75, 3.05) is 39.2 Å². The Morgan fingerprint density at radius 1 is 0.929 bits per heavy atom. The predicted molar refractivity (Wildman–Crippen MR) is 165 cm³/mol. The van der Waals surface area contributed by atoms with Gasteiger partial charge < -0.3 is 34.3 Å². The molecule has 1 heterocycles. The Kier molecular flexibility index (Phi) is 10.3. The van der Waals surface area contributed by atoms with Crippen LogP contribution in [0.3, 0.4) is 0 Å². The van der Waals surface area contributed by atoms with E-state index in [1.807, 2.05) is 75.5 Å². The number of anilines is 1. The van der Waals surface area contributed by atoms with Gasteiger partial charge >= 0.3 is 6.03 Å². The molecule has 3 amide bonds. The van der Waals surface area contributed by atoms with E-state index in [2.05, 4.69) is 16.4 Å². The summed E-state index contributed by atoms with van der Waals surface area (Å²) in [7, 11) is 3.18. The Morgan fingerprint density at radius 2 is 1.67 bits per heavy atom. The maximum atomic E-state index is 13.9. The van der Waals surface area contributed by atoms with E-state index >= 15 is 0 Å². The number of ether oxygens (including phenoxy) is 3. The fourth-order valence-electron chi connectivity index (χ4n) is 4.86. The van der Waals surface area contributed by atoms with E-state index in [9.17, 15) is 9.59 Å². The molecule has 0 atom stereocenters. The van der Waals surface area contributed by atoms with Gasteiger partial charge in [0.25, 0.3) is 0 Å². The molecule has 0 fully saturated rings. The summed E-state index contributed by atoms with van der Waals surface area (Å²) in [4.78, 5) is 34.0. The highest BCUT2D eigenvalue weighted by Gasteiger charge is 2.25. The molecule has 42 heavy (non-hydrogen) atoms. The number of hydrogen-bond acceptors (Lipinski definition) is 5. The Hall–Kier alpha value is -4.66. The van der Waals surface area contributed by atoms with Gasteiger partial charge in [-0.2, -0.15) is 0 Å². The summed E-state index contributed by atoms with van der Waals surface area (Å²) in [6.45, 7) is 6.89. The van der Waals surface area contributed by atoms with Gasteiger partial charge in [-0.25, -0.2) is 4.79 Å². The predicted octanol–water partition coefficient (Wildman–Crippen LogP) is 6.10. The van der Waals surface area contributed by atoms with Crippen molar-refractivity contribution in [3.63, 3.8) is 0 Å². The number of para-hydroxylation sites is 3. The van der Waals surface area contributed by atoms with Gasteiger partial charge in [0.1, 0.15) is 12.3 Å². The standard InChI is InChI=1S/C33H40N4O5/c1-6-42-29-14-10-9-13-28(29)35-33(39)37(23(2)3)22-32(38)36(21-24-15-16-30(40-4)31(19-24)41-5)18-17-25-20-34-27-12-8-7-11-26(25)27/h7-16,19-20,23,34H,6,17-18,21-22H2,1-5H3,(H,35,39). The van der Waals surface area contributed by atoms with Gasteiger partial charge in [-0.15, -0.1) is 0 Å². The van der Waals surface area contributed by atoms with Crippen molar-refractivity contribution in [3.05, 3.63) is 84.1 Å². The zero-order valence-electron chi connectivity index (χ0n) is 25.0. The monoisotopic (exact) mass is 572 g/mol. The number of carbonyl (C=O) groups excluding carboxylic acids is 2. The molecule has 0 saturated heterocycles. The van der Waals surface area contributed by atoms with Crippen molar-refractivity contribution in [1.82, 2.24) is 14.8 Å². The summed E-state index contributed by atoms with van der Waals surface area (Å²) >= 11 is 0. The van der Waals surface area contributed by atoms with E-state index in [0.717, 1.165) is 22.0 Å². The van der Waals surface area contributed by atoms with Gasteiger partial charge in [0, 0.05) is 36.2 Å². The number of H-pyrrole nitrogens is 1. The molecule has 1 aromatic heterocycles. The highest BCUT2D eigenvalue weighted by Crippen LogP contribution is 2.29. The Morgan fingerprint density at radius 3 is 2.40 bits per heavy atom. The minimum atomic E-state index is -0.367. The summed E-state index contributed by atoms with van der Waals surface area (Å²) in [5, 5.41) is 4.06.